The molecule has 4 rings (SSSR count). The second-order valence-electron chi connectivity index (χ2n) is 6.22. The van der Waals surface area contributed by atoms with Crippen molar-refractivity contribution in [3.05, 3.63) is 78.0 Å². The van der Waals surface area contributed by atoms with Gasteiger partial charge in [0.1, 0.15) is 0 Å². The first-order valence-electron chi connectivity index (χ1n) is 8.88. The zero-order valence-corrected chi connectivity index (χ0v) is 16.7. The van der Waals surface area contributed by atoms with Crippen LogP contribution in [0.2, 0.25) is 0 Å². The first-order chi connectivity index (χ1) is 14.2. The first-order valence-corrected chi connectivity index (χ1v) is 9.87. The van der Waals surface area contributed by atoms with Crippen LogP contribution >= 0.6 is 11.8 Å². The number of benzene rings is 1. The van der Waals surface area contributed by atoms with E-state index in [1.165, 1.54) is 25.1 Å². The van der Waals surface area contributed by atoms with Crippen LogP contribution in [-0.4, -0.2) is 32.8 Å². The fraction of sp³-hybridized carbons (Fsp3) is 0.143. The van der Waals surface area contributed by atoms with Crippen LogP contribution in [0.1, 0.15) is 21.7 Å². The third kappa shape index (κ3) is 3.79. The Kier molecular flexibility index (Phi) is 5.44. The van der Waals surface area contributed by atoms with Crippen molar-refractivity contribution in [2.75, 3.05) is 7.11 Å². The Morgan fingerprint density at radius 2 is 2.03 bits per heavy atom. The van der Waals surface area contributed by atoms with Gasteiger partial charge < -0.3 is 9.15 Å². The Hall–Kier alpha value is -3.39. The lowest BCUT2D eigenvalue weighted by molar-refractivity contribution is 0.0564. The number of aryl methyl sites for hydroxylation is 1. The lowest BCUT2D eigenvalue weighted by Gasteiger charge is -2.12. The van der Waals surface area contributed by atoms with E-state index < -0.39 is 5.97 Å². The summed E-state index contributed by atoms with van der Waals surface area (Å²) in [6.45, 7) is 2.04. The number of methoxy groups -OCH3 is 1. The van der Waals surface area contributed by atoms with Gasteiger partial charge in [0.25, 0.3) is 0 Å². The summed E-state index contributed by atoms with van der Waals surface area (Å²) < 4.78 is 12.1. The molecule has 0 aliphatic heterocycles. The number of rotatable bonds is 6. The van der Waals surface area contributed by atoms with Crippen LogP contribution in [0.4, 0.5) is 0 Å². The highest BCUT2D eigenvalue weighted by Crippen LogP contribution is 2.31. The summed E-state index contributed by atoms with van der Waals surface area (Å²) >= 11 is 1.47. The molecule has 0 atom stereocenters. The van der Waals surface area contributed by atoms with E-state index in [2.05, 4.69) is 15.2 Å². The number of hydrogen-bond acceptors (Lipinski definition) is 7. The first kappa shape index (κ1) is 18.9. The minimum absolute atomic E-state index is 0.203. The number of esters is 1. The van der Waals surface area contributed by atoms with Gasteiger partial charge in [-0.3, -0.25) is 9.55 Å². The molecule has 0 N–H and O–H groups in total. The van der Waals surface area contributed by atoms with Crippen molar-refractivity contribution in [1.82, 2.24) is 19.7 Å². The number of para-hydroxylation sites is 1. The van der Waals surface area contributed by atoms with Crippen molar-refractivity contribution in [3.63, 3.8) is 0 Å². The average Bonchev–Trinajstić information content (AvgIpc) is 3.39. The molecule has 1 aromatic carbocycles. The molecule has 0 unspecified atom stereocenters. The Labute approximate surface area is 171 Å². The highest BCUT2D eigenvalue weighted by Gasteiger charge is 2.20. The summed E-state index contributed by atoms with van der Waals surface area (Å²) in [6, 6.07) is 13.6. The molecular weight excluding hydrogens is 388 g/mol. The van der Waals surface area contributed by atoms with E-state index in [1.807, 2.05) is 47.9 Å². The normalized spacial score (nSPS) is 10.8. The van der Waals surface area contributed by atoms with Crippen molar-refractivity contribution < 1.29 is 13.9 Å². The van der Waals surface area contributed by atoms with E-state index in [-0.39, 0.29) is 5.76 Å². The molecule has 0 bridgehead atoms. The molecule has 8 heteroatoms. The summed E-state index contributed by atoms with van der Waals surface area (Å²) in [7, 11) is 1.33. The smallest absolute Gasteiger partial charge is 0.374 e. The summed E-state index contributed by atoms with van der Waals surface area (Å²) in [5.74, 6) is 0.893. The number of ether oxygens (including phenoxy) is 1. The molecule has 29 heavy (non-hydrogen) atoms. The van der Waals surface area contributed by atoms with Gasteiger partial charge in [-0.25, -0.2) is 4.79 Å². The summed E-state index contributed by atoms with van der Waals surface area (Å²) in [4.78, 5) is 16.1. The quantitative estimate of drug-likeness (QED) is 0.348. The molecule has 3 aromatic heterocycles. The SMILES string of the molecule is COC(=O)c1occc1CSc1nnc(-c2cccnc2)n1-c1ccccc1C. The number of aromatic nitrogens is 4. The van der Waals surface area contributed by atoms with Crippen molar-refractivity contribution in [2.24, 2.45) is 0 Å². The zero-order valence-electron chi connectivity index (χ0n) is 15.9. The lowest BCUT2D eigenvalue weighted by atomic mass is 10.2. The van der Waals surface area contributed by atoms with Gasteiger partial charge in [0.15, 0.2) is 11.0 Å². The fourth-order valence-corrected chi connectivity index (χ4v) is 3.86. The largest absolute Gasteiger partial charge is 0.463 e. The van der Waals surface area contributed by atoms with Crippen LogP contribution in [0, 0.1) is 6.92 Å². The molecule has 0 radical (unpaired) electrons. The van der Waals surface area contributed by atoms with Crippen LogP contribution in [0.15, 0.2) is 70.7 Å². The molecule has 0 spiro atoms. The Balaban J connectivity index is 1.73. The second kappa shape index (κ2) is 8.32. The van der Waals surface area contributed by atoms with E-state index in [1.54, 1.807) is 18.5 Å². The molecule has 146 valence electrons. The van der Waals surface area contributed by atoms with Gasteiger partial charge >= 0.3 is 5.97 Å². The van der Waals surface area contributed by atoms with Crippen LogP contribution in [0.3, 0.4) is 0 Å². The van der Waals surface area contributed by atoms with Crippen LogP contribution in [0.25, 0.3) is 17.1 Å². The third-order valence-electron chi connectivity index (χ3n) is 4.38. The highest BCUT2D eigenvalue weighted by molar-refractivity contribution is 7.98. The maximum absolute atomic E-state index is 11.9. The Morgan fingerprint density at radius 3 is 2.79 bits per heavy atom. The molecule has 3 heterocycles. The van der Waals surface area contributed by atoms with Gasteiger partial charge in [-0.05, 0) is 36.8 Å². The minimum atomic E-state index is -0.498. The van der Waals surface area contributed by atoms with E-state index >= 15 is 0 Å². The predicted octanol–water partition coefficient (Wildman–Crippen LogP) is 4.31. The predicted molar refractivity (Wildman–Crippen MR) is 109 cm³/mol. The molecule has 0 amide bonds. The fourth-order valence-electron chi connectivity index (χ4n) is 2.94. The van der Waals surface area contributed by atoms with Crippen molar-refractivity contribution in [1.29, 1.82) is 0 Å². The van der Waals surface area contributed by atoms with Crippen molar-refractivity contribution >= 4 is 17.7 Å². The third-order valence-corrected chi connectivity index (χ3v) is 5.36. The second-order valence-corrected chi connectivity index (χ2v) is 7.17. The van der Waals surface area contributed by atoms with E-state index in [0.29, 0.717) is 16.7 Å². The minimum Gasteiger partial charge on any atom is -0.463 e. The number of thioether (sulfide) groups is 1. The topological polar surface area (TPSA) is 83.0 Å². The number of furan rings is 1. The molecule has 4 aromatic rings. The number of pyridine rings is 1. The molecule has 0 aliphatic carbocycles. The summed E-state index contributed by atoms with van der Waals surface area (Å²) in [5, 5.41) is 9.52. The standard InChI is InChI=1S/C21H18N4O3S/c1-14-6-3-4-8-17(14)25-19(15-7-5-10-22-12-15)23-24-21(25)29-13-16-9-11-28-18(16)20(26)27-2/h3-12H,13H2,1-2H3. The Morgan fingerprint density at radius 1 is 1.17 bits per heavy atom. The van der Waals surface area contributed by atoms with Gasteiger partial charge in [-0.2, -0.15) is 0 Å². The van der Waals surface area contributed by atoms with Gasteiger partial charge in [0, 0.05) is 29.3 Å². The van der Waals surface area contributed by atoms with E-state index in [0.717, 1.165) is 22.4 Å². The highest BCUT2D eigenvalue weighted by atomic mass is 32.2. The number of carbonyl (C=O) groups is 1. The van der Waals surface area contributed by atoms with E-state index in [9.17, 15) is 4.79 Å². The van der Waals surface area contributed by atoms with Crippen molar-refractivity contribution in [3.8, 4) is 17.1 Å². The lowest BCUT2D eigenvalue weighted by Crippen LogP contribution is -2.04. The zero-order chi connectivity index (χ0) is 20.2. The van der Waals surface area contributed by atoms with Gasteiger partial charge in [0.2, 0.25) is 5.76 Å². The van der Waals surface area contributed by atoms with Gasteiger partial charge in [-0.1, -0.05) is 30.0 Å². The van der Waals surface area contributed by atoms with Gasteiger partial charge in [-0.15, -0.1) is 10.2 Å². The summed E-state index contributed by atoms with van der Waals surface area (Å²) in [5.41, 5.74) is 3.69. The van der Waals surface area contributed by atoms with Crippen LogP contribution < -0.4 is 0 Å². The molecule has 7 nitrogen and oxygen atoms in total. The molecular formula is C21H18N4O3S. The molecule has 0 saturated carbocycles. The number of nitrogens with zero attached hydrogens (tertiary/aromatic N) is 4. The van der Waals surface area contributed by atoms with Crippen LogP contribution in [0.5, 0.6) is 0 Å². The monoisotopic (exact) mass is 406 g/mol. The average molecular weight is 406 g/mol. The maximum Gasteiger partial charge on any atom is 0.374 e. The van der Waals surface area contributed by atoms with Crippen molar-refractivity contribution in [2.45, 2.75) is 17.8 Å². The molecule has 0 fully saturated rings. The maximum atomic E-state index is 11.9. The molecule has 0 saturated heterocycles. The number of carbonyl (C=O) groups excluding carboxylic acids is 1. The van der Waals surface area contributed by atoms with E-state index in [4.69, 9.17) is 9.15 Å². The number of hydrogen-bond donors (Lipinski definition) is 0. The van der Waals surface area contributed by atoms with Gasteiger partial charge in [0.05, 0.1) is 19.1 Å². The Bertz CT molecular complexity index is 1140. The molecule has 0 aliphatic rings. The summed E-state index contributed by atoms with van der Waals surface area (Å²) in [6.07, 6.45) is 4.97. The van der Waals surface area contributed by atoms with Crippen LogP contribution in [-0.2, 0) is 10.5 Å².